The SMILES string of the molecule is C[C@H](CO)Oc1cc([C@H]2CCN2S(N)(=O)=O)nc(SCc2cccc(F)c2F)n1. The number of aromatic nitrogens is 2. The number of ether oxygens (including phenoxy) is 1. The number of nitrogens with two attached hydrogens (primary N) is 1. The summed E-state index contributed by atoms with van der Waals surface area (Å²) in [6, 6.07) is 4.81. The fourth-order valence-corrected chi connectivity index (χ4v) is 4.49. The van der Waals surface area contributed by atoms with E-state index in [2.05, 4.69) is 9.97 Å². The zero-order chi connectivity index (χ0) is 21.2. The largest absolute Gasteiger partial charge is 0.472 e. The molecule has 1 saturated heterocycles. The van der Waals surface area contributed by atoms with Crippen molar-refractivity contribution in [1.82, 2.24) is 14.3 Å². The van der Waals surface area contributed by atoms with Crippen LogP contribution in [0.2, 0.25) is 0 Å². The molecule has 29 heavy (non-hydrogen) atoms. The third-order valence-corrected chi connectivity index (χ3v) is 6.30. The number of hydrogen-bond donors (Lipinski definition) is 2. The van der Waals surface area contributed by atoms with Crippen LogP contribution in [0.4, 0.5) is 8.78 Å². The molecule has 1 aliphatic heterocycles. The van der Waals surface area contributed by atoms with Crippen molar-refractivity contribution in [2.24, 2.45) is 5.14 Å². The van der Waals surface area contributed by atoms with Gasteiger partial charge in [-0.15, -0.1) is 0 Å². The number of nitrogens with zero attached hydrogens (tertiary/aromatic N) is 3. The van der Waals surface area contributed by atoms with Crippen molar-refractivity contribution in [1.29, 1.82) is 0 Å². The molecule has 158 valence electrons. The maximum Gasteiger partial charge on any atom is 0.277 e. The van der Waals surface area contributed by atoms with E-state index in [1.54, 1.807) is 6.92 Å². The van der Waals surface area contributed by atoms with Crippen molar-refractivity contribution < 1.29 is 27.0 Å². The van der Waals surface area contributed by atoms with Gasteiger partial charge in [0.1, 0.15) is 6.10 Å². The Morgan fingerprint density at radius 3 is 2.79 bits per heavy atom. The first kappa shape index (κ1) is 21.8. The fourth-order valence-electron chi connectivity index (χ4n) is 2.73. The molecule has 1 aromatic heterocycles. The molecular formula is C17H20F2N4O4S2. The van der Waals surface area contributed by atoms with Gasteiger partial charge >= 0.3 is 0 Å². The van der Waals surface area contributed by atoms with Crippen LogP contribution in [0.3, 0.4) is 0 Å². The molecule has 0 aliphatic carbocycles. The van der Waals surface area contributed by atoms with Crippen LogP contribution in [0.1, 0.15) is 30.6 Å². The highest BCUT2D eigenvalue weighted by Crippen LogP contribution is 2.36. The van der Waals surface area contributed by atoms with E-state index in [9.17, 15) is 22.3 Å². The van der Waals surface area contributed by atoms with Gasteiger partial charge in [0, 0.05) is 23.9 Å². The zero-order valence-corrected chi connectivity index (χ0v) is 17.1. The van der Waals surface area contributed by atoms with Crippen molar-refractivity contribution in [2.75, 3.05) is 13.2 Å². The summed E-state index contributed by atoms with van der Waals surface area (Å²) in [5.41, 5.74) is 0.521. The van der Waals surface area contributed by atoms with Crippen LogP contribution < -0.4 is 9.88 Å². The molecule has 0 spiro atoms. The maximum atomic E-state index is 13.9. The van der Waals surface area contributed by atoms with Crippen LogP contribution in [0, 0.1) is 11.6 Å². The number of thioether (sulfide) groups is 1. The molecular weight excluding hydrogens is 426 g/mol. The van der Waals surface area contributed by atoms with E-state index >= 15 is 0 Å². The van der Waals surface area contributed by atoms with E-state index < -0.39 is 34.0 Å². The smallest absolute Gasteiger partial charge is 0.277 e. The van der Waals surface area contributed by atoms with Crippen LogP contribution in [-0.4, -0.2) is 47.1 Å². The number of benzene rings is 1. The van der Waals surface area contributed by atoms with Crippen molar-refractivity contribution in [2.45, 2.75) is 36.4 Å². The van der Waals surface area contributed by atoms with Gasteiger partial charge in [-0.3, -0.25) is 0 Å². The van der Waals surface area contributed by atoms with Crippen LogP contribution in [0.25, 0.3) is 0 Å². The molecule has 0 amide bonds. The summed E-state index contributed by atoms with van der Waals surface area (Å²) < 4.78 is 57.3. The molecule has 3 rings (SSSR count). The number of aliphatic hydroxyl groups excluding tert-OH is 1. The van der Waals surface area contributed by atoms with E-state index in [0.717, 1.165) is 22.1 Å². The summed E-state index contributed by atoms with van der Waals surface area (Å²) in [4.78, 5) is 8.57. The van der Waals surface area contributed by atoms with E-state index in [4.69, 9.17) is 9.88 Å². The van der Waals surface area contributed by atoms with E-state index in [0.29, 0.717) is 12.1 Å². The number of aliphatic hydroxyl groups is 1. The van der Waals surface area contributed by atoms with E-state index in [-0.39, 0.29) is 35.5 Å². The number of halogens is 2. The molecule has 0 saturated carbocycles. The molecule has 2 aromatic rings. The average Bonchev–Trinajstić information content (AvgIpc) is 2.60. The minimum Gasteiger partial charge on any atom is -0.472 e. The topological polar surface area (TPSA) is 119 Å². The number of hydrogen-bond acceptors (Lipinski definition) is 7. The van der Waals surface area contributed by atoms with Crippen molar-refractivity contribution in [3.63, 3.8) is 0 Å². The molecule has 0 bridgehead atoms. The van der Waals surface area contributed by atoms with Gasteiger partial charge in [-0.05, 0) is 19.4 Å². The summed E-state index contributed by atoms with van der Waals surface area (Å²) in [6.45, 7) is 1.66. The van der Waals surface area contributed by atoms with Crippen LogP contribution in [0.15, 0.2) is 29.4 Å². The molecule has 12 heteroatoms. The first-order valence-corrected chi connectivity index (χ1v) is 11.2. The standard InChI is InChI=1S/C17H20F2N4O4S2/c1-10(8-24)27-15-7-13(14-5-6-23(14)29(20,25)26)21-17(22-15)28-9-11-3-2-4-12(18)16(11)19/h2-4,7,10,14,24H,5-6,8-9H2,1H3,(H2,20,25,26)/t10-,14-/m1/s1. The predicted molar refractivity (Wildman–Crippen MR) is 102 cm³/mol. The lowest BCUT2D eigenvalue weighted by Gasteiger charge is -2.37. The second-order valence-electron chi connectivity index (χ2n) is 6.49. The molecule has 0 radical (unpaired) electrons. The highest BCUT2D eigenvalue weighted by Gasteiger charge is 2.38. The normalized spacial score (nSPS) is 18.3. The van der Waals surface area contributed by atoms with Crippen LogP contribution in [0.5, 0.6) is 5.88 Å². The van der Waals surface area contributed by atoms with Crippen molar-refractivity contribution in [3.05, 3.63) is 47.2 Å². The lowest BCUT2D eigenvalue weighted by molar-refractivity contribution is 0.123. The van der Waals surface area contributed by atoms with Gasteiger partial charge in [0.15, 0.2) is 16.8 Å². The Kier molecular flexibility index (Phi) is 6.69. The Morgan fingerprint density at radius 2 is 2.17 bits per heavy atom. The maximum absolute atomic E-state index is 13.9. The van der Waals surface area contributed by atoms with Gasteiger partial charge < -0.3 is 9.84 Å². The molecule has 8 nitrogen and oxygen atoms in total. The lowest BCUT2D eigenvalue weighted by Crippen LogP contribution is -2.48. The number of rotatable bonds is 8. The minimum atomic E-state index is -3.89. The first-order valence-electron chi connectivity index (χ1n) is 8.70. The summed E-state index contributed by atoms with van der Waals surface area (Å²) in [5, 5.41) is 14.6. The summed E-state index contributed by atoms with van der Waals surface area (Å²) in [5.74, 6) is -1.69. The molecule has 2 atom stereocenters. The molecule has 3 N–H and O–H groups in total. The summed E-state index contributed by atoms with van der Waals surface area (Å²) in [6.07, 6.45) is -0.0302. The first-order chi connectivity index (χ1) is 13.7. The van der Waals surface area contributed by atoms with Gasteiger partial charge in [-0.1, -0.05) is 23.9 Å². The zero-order valence-electron chi connectivity index (χ0n) is 15.5. The molecule has 2 heterocycles. The highest BCUT2D eigenvalue weighted by atomic mass is 32.2. The minimum absolute atomic E-state index is 0.0611. The fraction of sp³-hybridized carbons (Fsp3) is 0.412. The third-order valence-electron chi connectivity index (χ3n) is 4.31. The van der Waals surface area contributed by atoms with Gasteiger partial charge in [0.25, 0.3) is 10.2 Å². The molecule has 0 unspecified atom stereocenters. The quantitative estimate of drug-likeness (QED) is 0.468. The van der Waals surface area contributed by atoms with Crippen LogP contribution >= 0.6 is 11.8 Å². The average molecular weight is 447 g/mol. The molecule has 1 fully saturated rings. The van der Waals surface area contributed by atoms with Gasteiger partial charge in [0.05, 0.1) is 18.3 Å². The molecule has 1 aromatic carbocycles. The Labute approximate surface area is 171 Å². The summed E-state index contributed by atoms with van der Waals surface area (Å²) >= 11 is 1.05. The van der Waals surface area contributed by atoms with Crippen LogP contribution in [-0.2, 0) is 16.0 Å². The lowest BCUT2D eigenvalue weighted by atomic mass is 10.0. The van der Waals surface area contributed by atoms with E-state index in [1.165, 1.54) is 18.2 Å². The van der Waals surface area contributed by atoms with Gasteiger partial charge in [0.2, 0.25) is 5.88 Å². The summed E-state index contributed by atoms with van der Waals surface area (Å²) in [7, 11) is -3.89. The third kappa shape index (κ3) is 5.20. The Hall–Kier alpha value is -1.86. The second-order valence-corrected chi connectivity index (χ2v) is 8.93. The Morgan fingerprint density at radius 1 is 1.41 bits per heavy atom. The van der Waals surface area contributed by atoms with E-state index in [1.807, 2.05) is 0 Å². The van der Waals surface area contributed by atoms with Gasteiger partial charge in [-0.25, -0.2) is 18.9 Å². The van der Waals surface area contributed by atoms with Gasteiger partial charge in [-0.2, -0.15) is 17.7 Å². The van der Waals surface area contributed by atoms with Crippen molar-refractivity contribution >= 4 is 22.0 Å². The molecule has 1 aliphatic rings. The second kappa shape index (κ2) is 8.88. The Bertz CT molecular complexity index is 993. The monoisotopic (exact) mass is 446 g/mol. The Balaban J connectivity index is 1.87. The predicted octanol–water partition coefficient (Wildman–Crippen LogP) is 1.76. The highest BCUT2D eigenvalue weighted by molar-refractivity contribution is 7.98. The van der Waals surface area contributed by atoms with Crippen molar-refractivity contribution in [3.8, 4) is 5.88 Å².